The van der Waals surface area contributed by atoms with Crippen molar-refractivity contribution in [2.45, 2.75) is 72.8 Å². The van der Waals surface area contributed by atoms with Crippen molar-refractivity contribution in [1.82, 2.24) is 15.4 Å². The van der Waals surface area contributed by atoms with Gasteiger partial charge in [0.2, 0.25) is 0 Å². The summed E-state index contributed by atoms with van der Waals surface area (Å²) in [4.78, 5) is 29.6. The maximum absolute atomic E-state index is 12.3. The zero-order valence-corrected chi connectivity index (χ0v) is 21.6. The first-order chi connectivity index (χ1) is 16.5. The Kier molecular flexibility index (Phi) is 8.57. The van der Waals surface area contributed by atoms with Gasteiger partial charge < -0.3 is 14.6 Å². The molecule has 3 rings (SSSR count). The van der Waals surface area contributed by atoms with E-state index < -0.39 is 23.6 Å². The van der Waals surface area contributed by atoms with Crippen LogP contribution in [-0.4, -0.2) is 28.2 Å². The molecule has 1 heterocycles. The summed E-state index contributed by atoms with van der Waals surface area (Å²) in [5.74, 6) is 0.178. The molecule has 1 atom stereocenters. The van der Waals surface area contributed by atoms with Gasteiger partial charge in [-0.05, 0) is 63.3 Å². The molecule has 2 N–H and O–H groups in total. The number of hydrogen-bond acceptors (Lipinski definition) is 4. The highest BCUT2D eigenvalue weighted by Crippen LogP contribution is 2.31. The summed E-state index contributed by atoms with van der Waals surface area (Å²) in [5, 5.41) is 3.71. The normalized spacial score (nSPS) is 12.5. The lowest BCUT2D eigenvalue weighted by Crippen LogP contribution is -2.46. The van der Waals surface area contributed by atoms with Gasteiger partial charge in [-0.3, -0.25) is 9.63 Å². The van der Waals surface area contributed by atoms with Crippen LogP contribution >= 0.6 is 0 Å². The van der Waals surface area contributed by atoms with Crippen LogP contribution in [0.15, 0.2) is 54.7 Å². The van der Waals surface area contributed by atoms with E-state index in [4.69, 9.17) is 9.57 Å². The predicted octanol–water partition coefficient (Wildman–Crippen LogP) is 5.82. The van der Waals surface area contributed by atoms with Crippen LogP contribution in [0.1, 0.15) is 53.5 Å². The first kappa shape index (κ1) is 26.3. The van der Waals surface area contributed by atoms with E-state index in [9.17, 15) is 9.59 Å². The number of carbonyl (C=O) groups is 2. The van der Waals surface area contributed by atoms with Crippen LogP contribution in [-0.2, 0) is 27.5 Å². The van der Waals surface area contributed by atoms with Crippen LogP contribution in [0, 0.1) is 5.92 Å². The quantitative estimate of drug-likeness (QED) is 0.379. The SMILES string of the molecule is CC(C)CCn1cc(-c2cccc(CONC(=O)C(C)NC(=O)OC(C)(C)C)c2)c2ccccc21. The number of hydrogen-bond donors (Lipinski definition) is 2. The Labute approximate surface area is 207 Å². The number of aromatic nitrogens is 1. The van der Waals surface area contributed by atoms with Crippen molar-refractivity contribution in [3.63, 3.8) is 0 Å². The molecule has 0 saturated carbocycles. The molecule has 0 radical (unpaired) electrons. The van der Waals surface area contributed by atoms with Gasteiger partial charge in [-0.1, -0.05) is 50.2 Å². The molecule has 7 heteroatoms. The van der Waals surface area contributed by atoms with Gasteiger partial charge in [0.05, 0.1) is 6.61 Å². The summed E-state index contributed by atoms with van der Waals surface area (Å²) in [6.45, 7) is 12.5. The van der Waals surface area contributed by atoms with E-state index in [1.54, 1.807) is 27.7 Å². The zero-order chi connectivity index (χ0) is 25.6. The molecule has 35 heavy (non-hydrogen) atoms. The molecular formula is C28H37N3O4. The monoisotopic (exact) mass is 479 g/mol. The van der Waals surface area contributed by atoms with Crippen molar-refractivity contribution >= 4 is 22.9 Å². The van der Waals surface area contributed by atoms with Crippen LogP contribution < -0.4 is 10.8 Å². The lowest BCUT2D eigenvalue weighted by atomic mass is 10.0. The number of rotatable bonds is 9. The highest BCUT2D eigenvalue weighted by atomic mass is 16.7. The van der Waals surface area contributed by atoms with Crippen molar-refractivity contribution in [1.29, 1.82) is 0 Å². The fraction of sp³-hybridized carbons (Fsp3) is 0.429. The molecule has 0 aliphatic heterocycles. The summed E-state index contributed by atoms with van der Waals surface area (Å²) in [6.07, 6.45) is 2.69. The van der Waals surface area contributed by atoms with Gasteiger partial charge in [0.25, 0.3) is 5.91 Å². The van der Waals surface area contributed by atoms with Gasteiger partial charge in [-0.25, -0.2) is 10.3 Å². The molecule has 7 nitrogen and oxygen atoms in total. The number of hydroxylamine groups is 1. The number of carbonyl (C=O) groups excluding carboxylic acids is 2. The molecule has 3 aromatic rings. The second-order valence-electron chi connectivity index (χ2n) is 10.3. The number of alkyl carbamates (subject to hydrolysis) is 1. The van der Waals surface area contributed by atoms with Gasteiger partial charge in [-0.2, -0.15) is 0 Å². The van der Waals surface area contributed by atoms with Crippen molar-refractivity contribution in [2.75, 3.05) is 0 Å². The molecule has 188 valence electrons. The largest absolute Gasteiger partial charge is 0.444 e. The molecule has 0 bridgehead atoms. The predicted molar refractivity (Wildman–Crippen MR) is 139 cm³/mol. The first-order valence-electron chi connectivity index (χ1n) is 12.1. The number of benzene rings is 2. The Morgan fingerprint density at radius 2 is 1.77 bits per heavy atom. The topological polar surface area (TPSA) is 81.6 Å². The van der Waals surface area contributed by atoms with Crippen LogP contribution in [0.3, 0.4) is 0 Å². The van der Waals surface area contributed by atoms with E-state index in [-0.39, 0.29) is 6.61 Å². The van der Waals surface area contributed by atoms with Gasteiger partial charge in [0, 0.05) is 29.2 Å². The van der Waals surface area contributed by atoms with E-state index in [2.05, 4.69) is 71.8 Å². The van der Waals surface area contributed by atoms with Crippen molar-refractivity contribution in [3.8, 4) is 11.1 Å². The van der Waals surface area contributed by atoms with E-state index in [1.165, 1.54) is 16.5 Å². The van der Waals surface area contributed by atoms with Gasteiger partial charge in [-0.15, -0.1) is 0 Å². The smallest absolute Gasteiger partial charge is 0.408 e. The Hall–Kier alpha value is -3.32. The van der Waals surface area contributed by atoms with Gasteiger partial charge in [0.15, 0.2) is 0 Å². The number of aryl methyl sites for hydroxylation is 1. The number of nitrogens with zero attached hydrogens (tertiary/aromatic N) is 1. The fourth-order valence-electron chi connectivity index (χ4n) is 3.72. The molecule has 0 saturated heterocycles. The van der Waals surface area contributed by atoms with Gasteiger partial charge in [0.1, 0.15) is 11.6 Å². The molecule has 0 aliphatic rings. The maximum Gasteiger partial charge on any atom is 0.408 e. The third kappa shape index (κ3) is 7.59. The average Bonchev–Trinajstić information content (AvgIpc) is 3.15. The van der Waals surface area contributed by atoms with Crippen LogP contribution in [0.2, 0.25) is 0 Å². The minimum absolute atomic E-state index is 0.199. The van der Waals surface area contributed by atoms with Crippen LogP contribution in [0.5, 0.6) is 0 Å². The first-order valence-corrected chi connectivity index (χ1v) is 12.1. The Morgan fingerprint density at radius 1 is 1.03 bits per heavy atom. The van der Waals surface area contributed by atoms with Crippen LogP contribution in [0.25, 0.3) is 22.0 Å². The summed E-state index contributed by atoms with van der Waals surface area (Å²) < 4.78 is 7.50. The summed E-state index contributed by atoms with van der Waals surface area (Å²) >= 11 is 0. The van der Waals surface area contributed by atoms with E-state index in [0.717, 1.165) is 24.1 Å². The summed E-state index contributed by atoms with van der Waals surface area (Å²) in [7, 11) is 0. The molecule has 1 unspecified atom stereocenters. The Balaban J connectivity index is 1.63. The van der Waals surface area contributed by atoms with E-state index in [1.807, 2.05) is 12.1 Å². The number of para-hydroxylation sites is 1. The van der Waals surface area contributed by atoms with E-state index in [0.29, 0.717) is 5.92 Å². The lowest BCUT2D eigenvalue weighted by Gasteiger charge is -2.21. The maximum atomic E-state index is 12.3. The minimum Gasteiger partial charge on any atom is -0.444 e. The lowest BCUT2D eigenvalue weighted by molar-refractivity contribution is -0.136. The number of fused-ring (bicyclic) bond motifs is 1. The van der Waals surface area contributed by atoms with Crippen molar-refractivity contribution < 1.29 is 19.2 Å². The third-order valence-electron chi connectivity index (χ3n) is 5.51. The molecule has 2 aromatic carbocycles. The second kappa shape index (κ2) is 11.4. The molecule has 0 spiro atoms. The fourth-order valence-corrected chi connectivity index (χ4v) is 3.72. The Morgan fingerprint density at radius 3 is 2.49 bits per heavy atom. The number of ether oxygens (including phenoxy) is 1. The highest BCUT2D eigenvalue weighted by molar-refractivity contribution is 5.96. The zero-order valence-electron chi connectivity index (χ0n) is 21.6. The average molecular weight is 480 g/mol. The molecule has 1 aromatic heterocycles. The Bertz CT molecular complexity index is 1160. The van der Waals surface area contributed by atoms with Crippen molar-refractivity contribution in [3.05, 3.63) is 60.3 Å². The van der Waals surface area contributed by atoms with E-state index >= 15 is 0 Å². The summed E-state index contributed by atoms with van der Waals surface area (Å²) in [6, 6.07) is 15.8. The van der Waals surface area contributed by atoms with Crippen LogP contribution in [0.4, 0.5) is 4.79 Å². The molecule has 0 aliphatic carbocycles. The highest BCUT2D eigenvalue weighted by Gasteiger charge is 2.21. The molecule has 0 fully saturated rings. The molecular weight excluding hydrogens is 442 g/mol. The number of amides is 2. The molecule has 2 amide bonds. The van der Waals surface area contributed by atoms with Gasteiger partial charge >= 0.3 is 6.09 Å². The van der Waals surface area contributed by atoms with Crippen molar-refractivity contribution in [2.24, 2.45) is 5.92 Å². The summed E-state index contributed by atoms with van der Waals surface area (Å²) in [5.41, 5.74) is 6.19. The minimum atomic E-state index is -0.798. The standard InChI is InChI=1S/C28H37N3O4/c1-19(2)14-15-31-17-24(23-12-7-8-13-25(23)31)22-11-9-10-21(16-22)18-34-30-26(32)20(3)29-27(33)35-28(4,5)6/h7-13,16-17,19-20H,14-15,18H2,1-6H3,(H,29,33)(H,30,32). The third-order valence-corrected chi connectivity index (χ3v) is 5.51. The second-order valence-corrected chi connectivity index (χ2v) is 10.3. The number of nitrogens with one attached hydrogen (secondary N) is 2.